The van der Waals surface area contributed by atoms with Gasteiger partial charge in [0.25, 0.3) is 11.5 Å². The number of aliphatic carboxylic acids is 1. The number of rotatable bonds is 4. The Morgan fingerprint density at radius 3 is 2.86 bits per heavy atom. The molecule has 1 atom stereocenters. The molecule has 0 radical (unpaired) electrons. The van der Waals surface area contributed by atoms with E-state index in [9.17, 15) is 14.4 Å². The van der Waals surface area contributed by atoms with Crippen molar-refractivity contribution in [2.45, 2.75) is 26.3 Å². The van der Waals surface area contributed by atoms with Crippen molar-refractivity contribution in [3.8, 4) is 0 Å². The maximum atomic E-state index is 12.2. The van der Waals surface area contributed by atoms with E-state index in [4.69, 9.17) is 5.11 Å². The molecule has 0 aromatic carbocycles. The van der Waals surface area contributed by atoms with Crippen molar-refractivity contribution in [2.75, 3.05) is 0 Å². The summed E-state index contributed by atoms with van der Waals surface area (Å²) in [5.74, 6) is -1.65. The minimum absolute atomic E-state index is 0.117. The quantitative estimate of drug-likeness (QED) is 0.858. The smallest absolute Gasteiger partial charge is 0.305 e. The van der Waals surface area contributed by atoms with Crippen molar-refractivity contribution < 1.29 is 14.7 Å². The number of aryl methyl sites for hydroxylation is 1. The topological polar surface area (TPSA) is 101 Å². The van der Waals surface area contributed by atoms with E-state index in [0.717, 1.165) is 5.56 Å². The van der Waals surface area contributed by atoms with E-state index in [1.165, 1.54) is 10.6 Å². The molecule has 0 bridgehead atoms. The van der Waals surface area contributed by atoms with Crippen molar-refractivity contribution in [2.24, 2.45) is 0 Å². The molecule has 2 rings (SSSR count). The molecule has 2 aromatic rings. The number of nitrogens with one attached hydrogen (secondary N) is 1. The van der Waals surface area contributed by atoms with Gasteiger partial charge in [0.1, 0.15) is 11.2 Å². The molecule has 0 spiro atoms. The summed E-state index contributed by atoms with van der Waals surface area (Å²) in [6.45, 7) is 3.43. The lowest BCUT2D eigenvalue weighted by Crippen LogP contribution is -2.38. The number of fused-ring (bicyclic) bond motifs is 1. The first-order valence-electron chi connectivity index (χ1n) is 6.39. The first kappa shape index (κ1) is 14.7. The number of carboxylic acids is 1. The zero-order valence-corrected chi connectivity index (χ0v) is 11.7. The number of aromatic nitrogens is 2. The Bertz CT molecular complexity index is 766. The molecular formula is C14H15N3O4. The van der Waals surface area contributed by atoms with Crippen molar-refractivity contribution in [1.82, 2.24) is 14.7 Å². The van der Waals surface area contributed by atoms with Crippen LogP contribution in [0, 0.1) is 6.92 Å². The summed E-state index contributed by atoms with van der Waals surface area (Å²) in [6, 6.07) is 2.90. The normalized spacial score (nSPS) is 12.1. The minimum Gasteiger partial charge on any atom is -0.481 e. The maximum absolute atomic E-state index is 12.2. The Morgan fingerprint density at radius 2 is 2.19 bits per heavy atom. The molecule has 110 valence electrons. The average Bonchev–Trinajstić information content (AvgIpc) is 2.37. The number of amides is 1. The van der Waals surface area contributed by atoms with Crippen LogP contribution < -0.4 is 10.9 Å². The van der Waals surface area contributed by atoms with E-state index >= 15 is 0 Å². The summed E-state index contributed by atoms with van der Waals surface area (Å²) in [5.41, 5.74) is 0.804. The fourth-order valence-electron chi connectivity index (χ4n) is 1.95. The summed E-state index contributed by atoms with van der Waals surface area (Å²) >= 11 is 0. The fraction of sp³-hybridized carbons (Fsp3) is 0.286. The number of nitrogens with zero attached hydrogens (tertiary/aromatic N) is 2. The fourth-order valence-corrected chi connectivity index (χ4v) is 1.95. The van der Waals surface area contributed by atoms with Crippen LogP contribution in [0.15, 0.2) is 29.3 Å². The molecule has 2 heterocycles. The van der Waals surface area contributed by atoms with Crippen LogP contribution in [0.4, 0.5) is 0 Å². The summed E-state index contributed by atoms with van der Waals surface area (Å²) in [4.78, 5) is 38.9. The summed E-state index contributed by atoms with van der Waals surface area (Å²) in [5, 5.41) is 11.1. The van der Waals surface area contributed by atoms with Gasteiger partial charge in [0.05, 0.1) is 6.42 Å². The van der Waals surface area contributed by atoms with Gasteiger partial charge in [-0.25, -0.2) is 4.98 Å². The molecule has 1 amide bonds. The van der Waals surface area contributed by atoms with Crippen LogP contribution in [0.3, 0.4) is 0 Å². The zero-order chi connectivity index (χ0) is 15.6. The summed E-state index contributed by atoms with van der Waals surface area (Å²) in [6.07, 6.45) is 2.55. The van der Waals surface area contributed by atoms with Crippen LogP contribution in [0.5, 0.6) is 0 Å². The van der Waals surface area contributed by atoms with Gasteiger partial charge in [-0.2, -0.15) is 0 Å². The number of pyridine rings is 1. The molecule has 2 N–H and O–H groups in total. The lowest BCUT2D eigenvalue weighted by atomic mass is 10.2. The van der Waals surface area contributed by atoms with Gasteiger partial charge in [0.15, 0.2) is 0 Å². The van der Waals surface area contributed by atoms with Crippen LogP contribution in [-0.4, -0.2) is 32.4 Å². The average molecular weight is 289 g/mol. The predicted octanol–water partition coefficient (Wildman–Crippen LogP) is 0.596. The van der Waals surface area contributed by atoms with Gasteiger partial charge < -0.3 is 10.4 Å². The van der Waals surface area contributed by atoms with E-state index in [1.54, 1.807) is 25.3 Å². The molecule has 0 saturated carbocycles. The Labute approximate surface area is 120 Å². The van der Waals surface area contributed by atoms with Crippen LogP contribution in [-0.2, 0) is 4.79 Å². The third-order valence-electron chi connectivity index (χ3n) is 2.97. The molecule has 21 heavy (non-hydrogen) atoms. The van der Waals surface area contributed by atoms with Gasteiger partial charge in [-0.15, -0.1) is 0 Å². The Kier molecular flexibility index (Phi) is 4.02. The third-order valence-corrected chi connectivity index (χ3v) is 2.97. The first-order valence-corrected chi connectivity index (χ1v) is 6.39. The monoisotopic (exact) mass is 289 g/mol. The number of hydrogen-bond acceptors (Lipinski definition) is 4. The van der Waals surface area contributed by atoms with Gasteiger partial charge in [-0.1, -0.05) is 0 Å². The van der Waals surface area contributed by atoms with Crippen molar-refractivity contribution in [3.05, 3.63) is 46.0 Å². The lowest BCUT2D eigenvalue weighted by Gasteiger charge is -2.11. The third kappa shape index (κ3) is 3.25. The molecule has 7 nitrogen and oxygen atoms in total. The van der Waals surface area contributed by atoms with Crippen LogP contribution >= 0.6 is 0 Å². The van der Waals surface area contributed by atoms with Crippen LogP contribution in [0.25, 0.3) is 5.65 Å². The molecular weight excluding hydrogens is 274 g/mol. The van der Waals surface area contributed by atoms with Crippen LogP contribution in [0.1, 0.15) is 29.3 Å². The maximum Gasteiger partial charge on any atom is 0.305 e. The highest BCUT2D eigenvalue weighted by molar-refractivity contribution is 5.94. The van der Waals surface area contributed by atoms with Gasteiger partial charge in [0.2, 0.25) is 0 Å². The number of carboxylic acid groups (broad SMARTS) is 1. The van der Waals surface area contributed by atoms with Gasteiger partial charge in [-0.05, 0) is 31.5 Å². The summed E-state index contributed by atoms with van der Waals surface area (Å²) in [7, 11) is 0. The Balaban J connectivity index is 2.32. The van der Waals surface area contributed by atoms with Crippen molar-refractivity contribution >= 4 is 17.5 Å². The number of carbonyl (C=O) groups is 2. The lowest BCUT2D eigenvalue weighted by molar-refractivity contribution is -0.137. The first-order chi connectivity index (χ1) is 9.88. The second kappa shape index (κ2) is 5.74. The molecule has 0 saturated heterocycles. The van der Waals surface area contributed by atoms with Gasteiger partial charge in [-0.3, -0.25) is 18.8 Å². The minimum atomic E-state index is -1.02. The molecule has 0 aliphatic heterocycles. The van der Waals surface area contributed by atoms with Gasteiger partial charge >= 0.3 is 5.97 Å². The highest BCUT2D eigenvalue weighted by Crippen LogP contribution is 2.03. The van der Waals surface area contributed by atoms with E-state index in [-0.39, 0.29) is 12.0 Å². The largest absolute Gasteiger partial charge is 0.481 e. The number of carbonyl (C=O) groups excluding carboxylic acids is 1. The molecule has 7 heteroatoms. The second-order valence-electron chi connectivity index (χ2n) is 4.88. The van der Waals surface area contributed by atoms with Crippen molar-refractivity contribution in [3.63, 3.8) is 0 Å². The van der Waals surface area contributed by atoms with E-state index in [0.29, 0.717) is 5.65 Å². The van der Waals surface area contributed by atoms with E-state index in [1.807, 2.05) is 6.92 Å². The predicted molar refractivity (Wildman–Crippen MR) is 75.4 cm³/mol. The highest BCUT2D eigenvalue weighted by Gasteiger charge is 2.16. The number of hydrogen-bond donors (Lipinski definition) is 2. The van der Waals surface area contributed by atoms with E-state index < -0.39 is 23.5 Å². The second-order valence-corrected chi connectivity index (χ2v) is 4.88. The standard InChI is InChI=1S/C14H15N3O4/c1-8-3-4-17-11(5-8)15-7-10(14(17)21)13(20)16-9(2)6-12(18)19/h3-5,7,9H,6H2,1-2H3,(H,16,20)(H,18,19). The molecule has 0 aliphatic rings. The van der Waals surface area contributed by atoms with E-state index in [2.05, 4.69) is 10.3 Å². The van der Waals surface area contributed by atoms with Crippen molar-refractivity contribution in [1.29, 1.82) is 0 Å². The molecule has 1 unspecified atom stereocenters. The Hall–Kier alpha value is -2.70. The zero-order valence-electron chi connectivity index (χ0n) is 11.7. The highest BCUT2D eigenvalue weighted by atomic mass is 16.4. The van der Waals surface area contributed by atoms with Crippen LogP contribution in [0.2, 0.25) is 0 Å². The SMILES string of the molecule is Cc1ccn2c(=O)c(C(=O)NC(C)CC(=O)O)cnc2c1. The molecule has 0 aliphatic carbocycles. The Morgan fingerprint density at radius 1 is 1.48 bits per heavy atom. The molecule has 2 aromatic heterocycles. The van der Waals surface area contributed by atoms with Gasteiger partial charge in [0, 0.05) is 18.4 Å². The molecule has 0 fully saturated rings. The summed E-state index contributed by atoms with van der Waals surface area (Å²) < 4.78 is 1.28.